The van der Waals surface area contributed by atoms with E-state index in [1.54, 1.807) is 12.7 Å². The van der Waals surface area contributed by atoms with Crippen LogP contribution in [0.5, 0.6) is 0 Å². The molecule has 0 unspecified atom stereocenters. The summed E-state index contributed by atoms with van der Waals surface area (Å²) in [7, 11) is 0. The zero-order valence-corrected chi connectivity index (χ0v) is 15.4. The Bertz CT molecular complexity index is 861. The normalized spacial score (nSPS) is 18.8. The van der Waals surface area contributed by atoms with Crippen molar-refractivity contribution in [2.24, 2.45) is 0 Å². The molecule has 0 amide bonds. The van der Waals surface area contributed by atoms with E-state index in [1.807, 2.05) is 16.9 Å². The standard InChI is InChI=1S/C19H24N8/c1-2-8-21-16(3-1)11-25-9-6-15(7-10-25)19-24-23-18(27(19)17-4-5-17)12-26-14-20-13-22-26/h1-3,8,13-15,17H,4-7,9-12H2. The molecule has 0 aromatic carbocycles. The van der Waals surface area contributed by atoms with Gasteiger partial charge in [-0.1, -0.05) is 6.07 Å². The van der Waals surface area contributed by atoms with E-state index in [-0.39, 0.29) is 0 Å². The maximum absolute atomic E-state index is 4.61. The lowest BCUT2D eigenvalue weighted by Gasteiger charge is -2.31. The van der Waals surface area contributed by atoms with Crippen molar-refractivity contribution < 1.29 is 0 Å². The zero-order valence-electron chi connectivity index (χ0n) is 15.4. The molecule has 0 atom stereocenters. The van der Waals surface area contributed by atoms with Crippen LogP contribution in [0.15, 0.2) is 37.1 Å². The predicted molar refractivity (Wildman–Crippen MR) is 98.9 cm³/mol. The summed E-state index contributed by atoms with van der Waals surface area (Å²) in [6.45, 7) is 3.73. The fourth-order valence-corrected chi connectivity index (χ4v) is 3.98. The molecule has 27 heavy (non-hydrogen) atoms. The second-order valence-electron chi connectivity index (χ2n) is 7.54. The van der Waals surface area contributed by atoms with Crippen molar-refractivity contribution in [3.8, 4) is 0 Å². The minimum absolute atomic E-state index is 0.488. The van der Waals surface area contributed by atoms with Crippen molar-refractivity contribution in [1.29, 1.82) is 0 Å². The highest BCUT2D eigenvalue weighted by Gasteiger charge is 2.33. The minimum Gasteiger partial charge on any atom is -0.310 e. The number of aromatic nitrogens is 7. The molecule has 140 valence electrons. The van der Waals surface area contributed by atoms with Crippen molar-refractivity contribution >= 4 is 0 Å². The van der Waals surface area contributed by atoms with Crippen LogP contribution in [0.3, 0.4) is 0 Å². The molecule has 8 heteroatoms. The van der Waals surface area contributed by atoms with Crippen LogP contribution in [-0.4, -0.2) is 52.5 Å². The molecule has 8 nitrogen and oxygen atoms in total. The largest absolute Gasteiger partial charge is 0.310 e. The first-order chi connectivity index (χ1) is 13.4. The van der Waals surface area contributed by atoms with Crippen molar-refractivity contribution in [3.05, 3.63) is 54.4 Å². The number of hydrogen-bond acceptors (Lipinski definition) is 6. The Morgan fingerprint density at radius 3 is 2.59 bits per heavy atom. The molecule has 0 N–H and O–H groups in total. The average Bonchev–Trinajstić information content (AvgIpc) is 3.25. The number of likely N-dealkylation sites (tertiary alicyclic amines) is 1. The van der Waals surface area contributed by atoms with Crippen molar-refractivity contribution in [1.82, 2.24) is 39.4 Å². The Hall–Kier alpha value is -2.61. The summed E-state index contributed by atoms with van der Waals surface area (Å²) in [5.74, 6) is 2.67. The molecule has 1 saturated carbocycles. The third-order valence-corrected chi connectivity index (χ3v) is 5.54. The minimum atomic E-state index is 0.488. The number of rotatable bonds is 6. The van der Waals surface area contributed by atoms with Crippen LogP contribution in [0.25, 0.3) is 0 Å². The van der Waals surface area contributed by atoms with Crippen LogP contribution in [0.1, 0.15) is 55.0 Å². The highest BCUT2D eigenvalue weighted by molar-refractivity contribution is 5.09. The fraction of sp³-hybridized carbons (Fsp3) is 0.526. The van der Waals surface area contributed by atoms with Gasteiger partial charge < -0.3 is 4.57 Å². The van der Waals surface area contributed by atoms with Gasteiger partial charge in [0.25, 0.3) is 0 Å². The van der Waals surface area contributed by atoms with Gasteiger partial charge in [-0.2, -0.15) is 5.10 Å². The van der Waals surface area contributed by atoms with Gasteiger partial charge in [-0.15, -0.1) is 10.2 Å². The van der Waals surface area contributed by atoms with Crippen LogP contribution in [0.2, 0.25) is 0 Å². The monoisotopic (exact) mass is 364 g/mol. The maximum Gasteiger partial charge on any atom is 0.155 e. The molecule has 3 aromatic heterocycles. The summed E-state index contributed by atoms with van der Waals surface area (Å²) in [4.78, 5) is 11.0. The summed E-state index contributed by atoms with van der Waals surface area (Å²) >= 11 is 0. The van der Waals surface area contributed by atoms with E-state index >= 15 is 0 Å². The Kier molecular flexibility index (Phi) is 4.41. The fourth-order valence-electron chi connectivity index (χ4n) is 3.98. The van der Waals surface area contributed by atoms with Gasteiger partial charge in [0.2, 0.25) is 0 Å². The Morgan fingerprint density at radius 1 is 1.00 bits per heavy atom. The van der Waals surface area contributed by atoms with Crippen molar-refractivity contribution in [3.63, 3.8) is 0 Å². The first-order valence-electron chi connectivity index (χ1n) is 9.75. The lowest BCUT2D eigenvalue weighted by atomic mass is 9.95. The Labute approximate surface area is 158 Å². The molecule has 1 aliphatic carbocycles. The third kappa shape index (κ3) is 3.62. The van der Waals surface area contributed by atoms with Gasteiger partial charge in [0.15, 0.2) is 5.82 Å². The first-order valence-corrected chi connectivity index (χ1v) is 9.75. The molecule has 0 spiro atoms. The topological polar surface area (TPSA) is 77.5 Å². The molecular weight excluding hydrogens is 340 g/mol. The third-order valence-electron chi connectivity index (χ3n) is 5.54. The number of nitrogens with zero attached hydrogens (tertiary/aromatic N) is 8. The van der Waals surface area contributed by atoms with Gasteiger partial charge in [0.1, 0.15) is 25.0 Å². The van der Waals surface area contributed by atoms with Crippen LogP contribution in [0.4, 0.5) is 0 Å². The molecule has 1 saturated heterocycles. The number of hydrogen-bond donors (Lipinski definition) is 0. The van der Waals surface area contributed by atoms with Crippen LogP contribution in [-0.2, 0) is 13.1 Å². The van der Waals surface area contributed by atoms with E-state index in [4.69, 9.17) is 0 Å². The SMILES string of the molecule is c1ccc(CN2CCC(c3nnc(Cn4cncn4)n3C3CC3)CC2)nc1. The predicted octanol–water partition coefficient (Wildman–Crippen LogP) is 2.03. The van der Waals surface area contributed by atoms with E-state index in [0.29, 0.717) is 18.5 Å². The summed E-state index contributed by atoms with van der Waals surface area (Å²) in [6, 6.07) is 6.70. The van der Waals surface area contributed by atoms with Gasteiger partial charge in [-0.25, -0.2) is 9.67 Å². The molecule has 0 radical (unpaired) electrons. The van der Waals surface area contributed by atoms with E-state index in [9.17, 15) is 0 Å². The first kappa shape index (κ1) is 16.6. The number of piperidine rings is 1. The van der Waals surface area contributed by atoms with E-state index in [1.165, 1.54) is 18.7 Å². The molecule has 4 heterocycles. The second kappa shape index (κ2) is 7.19. The summed E-state index contributed by atoms with van der Waals surface area (Å²) in [5, 5.41) is 13.3. The van der Waals surface area contributed by atoms with Gasteiger partial charge in [0.05, 0.1) is 5.69 Å². The maximum atomic E-state index is 4.61. The molecule has 3 aromatic rings. The molecule has 0 bridgehead atoms. The van der Waals surface area contributed by atoms with Crippen LogP contribution in [0, 0.1) is 0 Å². The Balaban J connectivity index is 1.27. The zero-order chi connectivity index (χ0) is 18.1. The highest BCUT2D eigenvalue weighted by atomic mass is 15.4. The smallest absolute Gasteiger partial charge is 0.155 e. The second-order valence-corrected chi connectivity index (χ2v) is 7.54. The van der Waals surface area contributed by atoms with Gasteiger partial charge >= 0.3 is 0 Å². The average molecular weight is 364 g/mol. The summed E-state index contributed by atoms with van der Waals surface area (Å²) in [5.41, 5.74) is 1.15. The van der Waals surface area contributed by atoms with E-state index in [0.717, 1.165) is 44.0 Å². The van der Waals surface area contributed by atoms with Crippen LogP contribution >= 0.6 is 0 Å². The van der Waals surface area contributed by atoms with Gasteiger partial charge in [-0.3, -0.25) is 9.88 Å². The summed E-state index contributed by atoms with van der Waals surface area (Å²) in [6.07, 6.45) is 9.89. The van der Waals surface area contributed by atoms with Crippen LogP contribution < -0.4 is 0 Å². The van der Waals surface area contributed by atoms with Crippen molar-refractivity contribution in [2.45, 2.75) is 50.7 Å². The number of pyridine rings is 1. The van der Waals surface area contributed by atoms with Crippen molar-refractivity contribution in [2.75, 3.05) is 13.1 Å². The van der Waals surface area contributed by atoms with Gasteiger partial charge in [0, 0.05) is 24.7 Å². The molecule has 2 fully saturated rings. The van der Waals surface area contributed by atoms with Gasteiger partial charge in [-0.05, 0) is 50.9 Å². The lowest BCUT2D eigenvalue weighted by molar-refractivity contribution is 0.198. The molecule has 2 aliphatic rings. The quantitative estimate of drug-likeness (QED) is 0.666. The Morgan fingerprint density at radius 2 is 1.89 bits per heavy atom. The molecular formula is C19H24N8. The molecule has 1 aliphatic heterocycles. The lowest BCUT2D eigenvalue weighted by Crippen LogP contribution is -2.33. The molecule has 5 rings (SSSR count). The summed E-state index contributed by atoms with van der Waals surface area (Å²) < 4.78 is 4.21. The highest BCUT2D eigenvalue weighted by Crippen LogP contribution is 2.40. The van der Waals surface area contributed by atoms with E-state index < -0.39 is 0 Å². The van der Waals surface area contributed by atoms with E-state index in [2.05, 4.69) is 46.9 Å².